The van der Waals surface area contributed by atoms with Crippen LogP contribution in [0.25, 0.3) is 0 Å². The highest BCUT2D eigenvalue weighted by atomic mass is 32.2. The largest absolute Gasteiger partial charge is 0.296 e. The number of carbonyl (C=O) groups is 2. The Labute approximate surface area is 126 Å². The van der Waals surface area contributed by atoms with Crippen LogP contribution in [0.15, 0.2) is 47.4 Å². The lowest BCUT2D eigenvalue weighted by Gasteiger charge is -2.17. The van der Waals surface area contributed by atoms with Gasteiger partial charge in [0.15, 0.2) is 0 Å². The van der Waals surface area contributed by atoms with Crippen LogP contribution in [0.4, 0.5) is 5.69 Å². The monoisotopic (exact) mass is 317 g/mol. The van der Waals surface area contributed by atoms with Crippen LogP contribution in [0.2, 0.25) is 0 Å². The maximum absolute atomic E-state index is 12.4. The summed E-state index contributed by atoms with van der Waals surface area (Å²) in [4.78, 5) is 25.2. The van der Waals surface area contributed by atoms with Gasteiger partial charge < -0.3 is 0 Å². The number of hydrogen-bond donors (Lipinski definition) is 1. The molecule has 1 aliphatic heterocycles. The van der Waals surface area contributed by atoms with Gasteiger partial charge in [-0.15, -0.1) is 0 Å². The van der Waals surface area contributed by atoms with E-state index in [1.807, 2.05) is 0 Å². The molecule has 0 saturated heterocycles. The first kappa shape index (κ1) is 14.4. The topological polar surface area (TPSA) is 91.8 Å². The van der Waals surface area contributed by atoms with E-state index < -0.39 is 26.8 Å². The molecule has 0 spiro atoms. The van der Waals surface area contributed by atoms with E-state index in [-0.39, 0.29) is 16.8 Å². The zero-order valence-corrected chi connectivity index (χ0v) is 12.3. The average molecular weight is 317 g/mol. The number of benzene rings is 2. The quantitative estimate of drug-likeness (QED) is 0.676. The molecule has 0 radical (unpaired) electrons. The summed E-state index contributed by atoms with van der Waals surface area (Å²) in [5.41, 5.74) is 0.915. The van der Waals surface area contributed by atoms with Crippen molar-refractivity contribution >= 4 is 27.6 Å². The van der Waals surface area contributed by atoms with Crippen molar-refractivity contribution in [1.82, 2.24) is 0 Å². The van der Waals surface area contributed by atoms with Crippen molar-refractivity contribution in [2.45, 2.75) is 11.8 Å². The van der Waals surface area contributed by atoms with E-state index in [1.165, 1.54) is 30.3 Å². The van der Waals surface area contributed by atoms with Gasteiger partial charge in [-0.05, 0) is 36.8 Å². The van der Waals surface area contributed by atoms with Crippen molar-refractivity contribution in [3.63, 3.8) is 0 Å². The number of aryl methyl sites for hydroxylation is 1. The van der Waals surface area contributed by atoms with Gasteiger partial charge in [0.1, 0.15) is 4.90 Å². The third-order valence-electron chi connectivity index (χ3n) is 3.43. The molecule has 6 nitrogen and oxygen atoms in total. The molecule has 22 heavy (non-hydrogen) atoms. The zero-order chi connectivity index (χ0) is 16.1. The lowest BCUT2D eigenvalue weighted by atomic mass is 10.1. The maximum atomic E-state index is 12.4. The van der Waals surface area contributed by atoms with Gasteiger partial charge in [-0.2, -0.15) is 8.42 Å². The van der Waals surface area contributed by atoms with Crippen LogP contribution in [0.3, 0.4) is 0 Å². The molecular formula is C15H11NO5S. The highest BCUT2D eigenvalue weighted by Crippen LogP contribution is 2.33. The standard InChI is InChI=1S/C15H11NO5S/c1-9-6-7-13(22(19,20)21)12(8-9)16-14(17)10-4-2-3-5-11(10)15(16)18/h2-8H,1H3,(H,19,20,21). The summed E-state index contributed by atoms with van der Waals surface area (Å²) >= 11 is 0. The van der Waals surface area contributed by atoms with E-state index in [0.717, 1.165) is 4.90 Å². The van der Waals surface area contributed by atoms with Gasteiger partial charge in [-0.3, -0.25) is 14.1 Å². The Morgan fingerprint density at radius 1 is 0.955 bits per heavy atom. The van der Waals surface area contributed by atoms with Gasteiger partial charge in [-0.25, -0.2) is 4.90 Å². The first-order valence-electron chi connectivity index (χ1n) is 6.36. The molecule has 0 fully saturated rings. The molecule has 0 unspecified atom stereocenters. The van der Waals surface area contributed by atoms with Crippen LogP contribution in [0.5, 0.6) is 0 Å². The summed E-state index contributed by atoms with van der Waals surface area (Å²) in [7, 11) is -4.57. The Morgan fingerprint density at radius 2 is 1.50 bits per heavy atom. The van der Waals surface area contributed by atoms with Gasteiger partial charge in [0.2, 0.25) is 0 Å². The zero-order valence-electron chi connectivity index (χ0n) is 11.5. The Hall–Kier alpha value is -2.51. The summed E-state index contributed by atoms with van der Waals surface area (Å²) in [6.45, 7) is 1.69. The second kappa shape index (κ2) is 4.75. The van der Waals surface area contributed by atoms with Gasteiger partial charge >= 0.3 is 0 Å². The second-order valence-corrected chi connectivity index (χ2v) is 6.33. The summed E-state index contributed by atoms with van der Waals surface area (Å²) in [6.07, 6.45) is 0. The molecule has 0 aromatic heterocycles. The number of carbonyl (C=O) groups excluding carboxylic acids is 2. The van der Waals surface area contributed by atoms with Gasteiger partial charge in [0.25, 0.3) is 21.9 Å². The fourth-order valence-electron chi connectivity index (χ4n) is 2.43. The van der Waals surface area contributed by atoms with Crippen molar-refractivity contribution in [1.29, 1.82) is 0 Å². The molecule has 1 heterocycles. The van der Waals surface area contributed by atoms with Crippen LogP contribution in [-0.2, 0) is 10.1 Å². The highest BCUT2D eigenvalue weighted by Gasteiger charge is 2.38. The molecule has 1 aliphatic rings. The van der Waals surface area contributed by atoms with Crippen molar-refractivity contribution in [3.05, 3.63) is 59.2 Å². The predicted octanol–water partition coefficient (Wildman–Crippen LogP) is 2.04. The van der Waals surface area contributed by atoms with Crippen molar-refractivity contribution in [2.75, 3.05) is 4.90 Å². The fourth-order valence-corrected chi connectivity index (χ4v) is 3.08. The Kier molecular flexibility index (Phi) is 3.12. The molecule has 2 aromatic rings. The number of amides is 2. The Bertz CT molecular complexity index is 882. The number of anilines is 1. The minimum Gasteiger partial charge on any atom is -0.282 e. The Morgan fingerprint density at radius 3 is 2.00 bits per heavy atom. The summed E-state index contributed by atoms with van der Waals surface area (Å²) in [6, 6.07) is 10.3. The van der Waals surface area contributed by atoms with E-state index in [1.54, 1.807) is 19.1 Å². The molecule has 7 heteroatoms. The lowest BCUT2D eigenvalue weighted by Crippen LogP contribution is -2.30. The number of hydrogen-bond acceptors (Lipinski definition) is 4. The van der Waals surface area contributed by atoms with E-state index in [0.29, 0.717) is 5.56 Å². The number of rotatable bonds is 2. The van der Waals surface area contributed by atoms with Gasteiger partial charge in [0, 0.05) is 0 Å². The second-order valence-electron chi connectivity index (χ2n) is 4.94. The third kappa shape index (κ3) is 2.11. The minimum atomic E-state index is -4.57. The molecule has 2 aromatic carbocycles. The van der Waals surface area contributed by atoms with Gasteiger partial charge in [-0.1, -0.05) is 18.2 Å². The van der Waals surface area contributed by atoms with Crippen molar-refractivity contribution in [3.8, 4) is 0 Å². The number of nitrogens with zero attached hydrogens (tertiary/aromatic N) is 1. The third-order valence-corrected chi connectivity index (χ3v) is 4.33. The minimum absolute atomic E-state index is 0.145. The predicted molar refractivity (Wildman–Crippen MR) is 78.6 cm³/mol. The van der Waals surface area contributed by atoms with Gasteiger partial charge in [0.05, 0.1) is 16.8 Å². The van der Waals surface area contributed by atoms with E-state index >= 15 is 0 Å². The molecular weight excluding hydrogens is 306 g/mol. The SMILES string of the molecule is Cc1ccc(S(=O)(=O)O)c(N2C(=O)c3ccccc3C2=O)c1. The normalized spacial score (nSPS) is 14.4. The van der Waals surface area contributed by atoms with Crippen LogP contribution < -0.4 is 4.90 Å². The first-order valence-corrected chi connectivity index (χ1v) is 7.80. The molecule has 1 N–H and O–H groups in total. The fraction of sp³-hybridized carbons (Fsp3) is 0.0667. The van der Waals surface area contributed by atoms with E-state index in [2.05, 4.69) is 0 Å². The molecule has 2 amide bonds. The number of imide groups is 1. The highest BCUT2D eigenvalue weighted by molar-refractivity contribution is 7.86. The van der Waals surface area contributed by atoms with Crippen LogP contribution in [0.1, 0.15) is 26.3 Å². The smallest absolute Gasteiger partial charge is 0.282 e. The lowest BCUT2D eigenvalue weighted by molar-refractivity contribution is 0.0925. The number of fused-ring (bicyclic) bond motifs is 1. The first-order chi connectivity index (χ1) is 10.3. The van der Waals surface area contributed by atoms with E-state index in [9.17, 15) is 22.6 Å². The molecule has 112 valence electrons. The Balaban J connectivity index is 2.24. The maximum Gasteiger partial charge on any atom is 0.296 e. The molecule has 0 aliphatic carbocycles. The molecule has 3 rings (SSSR count). The van der Waals surface area contributed by atoms with Crippen LogP contribution in [-0.4, -0.2) is 24.8 Å². The van der Waals surface area contributed by atoms with E-state index in [4.69, 9.17) is 0 Å². The summed E-state index contributed by atoms with van der Waals surface area (Å²) in [5.74, 6) is -1.23. The molecule has 0 saturated carbocycles. The molecule has 0 bridgehead atoms. The summed E-state index contributed by atoms with van der Waals surface area (Å²) in [5, 5.41) is 0. The average Bonchev–Trinajstić information content (AvgIpc) is 2.70. The summed E-state index contributed by atoms with van der Waals surface area (Å²) < 4.78 is 32.4. The van der Waals surface area contributed by atoms with Crippen molar-refractivity contribution < 1.29 is 22.6 Å². The van der Waals surface area contributed by atoms with Crippen LogP contribution >= 0.6 is 0 Å². The molecule has 0 atom stereocenters. The van der Waals surface area contributed by atoms with Crippen LogP contribution in [0, 0.1) is 6.92 Å². The van der Waals surface area contributed by atoms with Crippen molar-refractivity contribution in [2.24, 2.45) is 0 Å².